The summed E-state index contributed by atoms with van der Waals surface area (Å²) in [6, 6.07) is 0. The Morgan fingerprint density at radius 3 is 1.57 bits per heavy atom. The molecule has 3 atom stereocenters. The third kappa shape index (κ3) is 34.9. The van der Waals surface area contributed by atoms with Crippen molar-refractivity contribution < 1.29 is 47.8 Å². The van der Waals surface area contributed by atoms with Gasteiger partial charge in [-0.2, -0.15) is 0 Å². The molecule has 0 aromatic rings. The second kappa shape index (κ2) is 35.1. The first kappa shape index (κ1) is 47.7. The van der Waals surface area contributed by atoms with E-state index in [-0.39, 0.29) is 19.4 Å². The van der Waals surface area contributed by atoms with Crippen molar-refractivity contribution in [2.45, 2.75) is 193 Å². The average Bonchev–Trinajstić information content (AvgIpc) is 3.09. The lowest BCUT2D eigenvalue weighted by Gasteiger charge is -2.26. The summed E-state index contributed by atoms with van der Waals surface area (Å²) in [6.07, 6.45) is 30.4. The Labute approximate surface area is 298 Å². The minimum Gasteiger partial charge on any atom is -0.756 e. The quantitative estimate of drug-likeness (QED) is 0.0275. The molecule has 0 spiro atoms. The molecule has 10 nitrogen and oxygen atoms in total. The molecule has 2 N–H and O–H groups in total. The van der Waals surface area contributed by atoms with E-state index < -0.39 is 51.8 Å². The summed E-state index contributed by atoms with van der Waals surface area (Å²) in [6.45, 7) is 2.14. The Morgan fingerprint density at radius 1 is 0.633 bits per heavy atom. The van der Waals surface area contributed by atoms with Gasteiger partial charge in [-0.25, -0.2) is 0 Å². The summed E-state index contributed by atoms with van der Waals surface area (Å²) in [5, 5.41) is 18.2. The van der Waals surface area contributed by atoms with Crippen molar-refractivity contribution in [3.8, 4) is 0 Å². The number of allylic oxidation sites excluding steroid dienone is 1. The molecule has 0 saturated heterocycles. The number of phosphoric acid groups is 1. The van der Waals surface area contributed by atoms with E-state index in [9.17, 15) is 24.2 Å². The second-order valence-electron chi connectivity index (χ2n) is 13.3. The van der Waals surface area contributed by atoms with Crippen LogP contribution in [0.2, 0.25) is 0 Å². The lowest BCUT2D eigenvalue weighted by atomic mass is 10.0. The number of carbonyl (C=O) groups excluding carboxylic acids is 2. The Morgan fingerprint density at radius 2 is 1.08 bits per heavy atom. The summed E-state index contributed by atoms with van der Waals surface area (Å²) < 4.78 is 32.1. The first-order chi connectivity index (χ1) is 23.7. The topological polar surface area (TPSA) is 152 Å². The number of hydrogen-bond donors (Lipinski definition) is 2. The predicted molar refractivity (Wildman–Crippen MR) is 194 cm³/mol. The number of rotatable bonds is 37. The van der Waals surface area contributed by atoms with Gasteiger partial charge in [0.15, 0.2) is 6.10 Å². The van der Waals surface area contributed by atoms with Crippen molar-refractivity contribution in [3.63, 3.8) is 0 Å². The fourth-order valence-corrected chi connectivity index (χ4v) is 6.16. The van der Waals surface area contributed by atoms with E-state index in [1.807, 2.05) is 6.08 Å². The molecule has 0 aromatic carbocycles. The van der Waals surface area contributed by atoms with Crippen LogP contribution in [0.25, 0.3) is 0 Å². The van der Waals surface area contributed by atoms with Gasteiger partial charge in [-0.05, 0) is 19.3 Å². The monoisotopic (exact) mass is 719 g/mol. The minimum absolute atomic E-state index is 0.00457. The van der Waals surface area contributed by atoms with Crippen LogP contribution in [0, 0.1) is 0 Å². The van der Waals surface area contributed by atoms with Crippen LogP contribution in [0.5, 0.6) is 0 Å². The summed E-state index contributed by atoms with van der Waals surface area (Å²) >= 11 is 0. The number of aliphatic hydroxyl groups is 2. The molecular formula is C38H72O10P-. The lowest BCUT2D eigenvalue weighted by molar-refractivity contribution is -0.230. The Kier molecular flexibility index (Phi) is 34.2. The molecule has 49 heavy (non-hydrogen) atoms. The molecule has 0 fully saturated rings. The number of hydrogen-bond acceptors (Lipinski definition) is 10. The van der Waals surface area contributed by atoms with Gasteiger partial charge < -0.3 is 33.6 Å². The molecule has 0 aliphatic rings. The van der Waals surface area contributed by atoms with E-state index in [0.29, 0.717) is 6.42 Å². The van der Waals surface area contributed by atoms with Gasteiger partial charge in [0.25, 0.3) is 7.82 Å². The minimum atomic E-state index is -4.87. The Balaban J connectivity index is 4.39. The fourth-order valence-electron chi connectivity index (χ4n) is 5.38. The van der Waals surface area contributed by atoms with Crippen molar-refractivity contribution >= 4 is 19.8 Å². The molecule has 1 unspecified atom stereocenters. The first-order valence-corrected chi connectivity index (χ1v) is 21.1. The van der Waals surface area contributed by atoms with Gasteiger partial charge in [-0.1, -0.05) is 161 Å². The standard InChI is InChI=1S/C38H73O10P/c1-3-5-7-9-11-13-15-17-19-21-23-25-27-29-37(41)45-33-36(34-47-49(43,44)46-32-35(40)31-39)48-38(42)30-28-26-24-22-20-18-16-14-12-10-8-6-4-2/h26,28,35-36,39-40H,3-25,27,29-34H2,1-2H3,(H,43,44)/p-1/b28-26+/t35-,36+/m0/s1. The molecule has 0 aliphatic carbocycles. The molecule has 11 heteroatoms. The summed E-state index contributed by atoms with van der Waals surface area (Å²) in [5.74, 6) is -1.05. The zero-order valence-electron chi connectivity index (χ0n) is 31.1. The van der Waals surface area contributed by atoms with Gasteiger partial charge in [0.2, 0.25) is 0 Å². The number of unbranched alkanes of at least 4 members (excludes halogenated alkanes) is 22. The van der Waals surface area contributed by atoms with Crippen LogP contribution >= 0.6 is 7.82 Å². The van der Waals surface area contributed by atoms with Crippen molar-refractivity contribution in [3.05, 3.63) is 12.2 Å². The van der Waals surface area contributed by atoms with Crippen LogP contribution in [0.15, 0.2) is 12.2 Å². The van der Waals surface area contributed by atoms with Gasteiger partial charge in [0.1, 0.15) is 12.7 Å². The van der Waals surface area contributed by atoms with E-state index in [1.165, 1.54) is 109 Å². The van der Waals surface area contributed by atoms with E-state index in [2.05, 4.69) is 18.4 Å². The molecule has 0 aliphatic heterocycles. The lowest BCUT2D eigenvalue weighted by Crippen LogP contribution is -2.30. The Hall–Kier alpha value is -1.29. The maximum absolute atomic E-state index is 12.5. The van der Waals surface area contributed by atoms with Crippen LogP contribution in [-0.4, -0.2) is 60.8 Å². The summed E-state index contributed by atoms with van der Waals surface area (Å²) in [7, 11) is -4.87. The molecule has 0 heterocycles. The maximum atomic E-state index is 12.5. The van der Waals surface area contributed by atoms with E-state index >= 15 is 0 Å². The second-order valence-corrected chi connectivity index (χ2v) is 14.7. The third-order valence-electron chi connectivity index (χ3n) is 8.44. The van der Waals surface area contributed by atoms with Gasteiger partial charge in [0, 0.05) is 6.42 Å². The molecule has 0 amide bonds. The SMILES string of the molecule is CCCCCCCCCCCC/C=C/CC(=O)O[C@H](COC(=O)CCCCCCCCCCCCCCC)COP(=O)([O-])OC[C@@H](O)CO. The van der Waals surface area contributed by atoms with Gasteiger partial charge in [-0.15, -0.1) is 0 Å². The highest BCUT2D eigenvalue weighted by molar-refractivity contribution is 7.45. The van der Waals surface area contributed by atoms with Crippen LogP contribution in [-0.2, 0) is 32.7 Å². The van der Waals surface area contributed by atoms with Crippen LogP contribution in [0.1, 0.15) is 181 Å². The molecule has 0 aromatic heterocycles. The number of phosphoric ester groups is 1. The van der Waals surface area contributed by atoms with Crippen molar-refractivity contribution in [1.29, 1.82) is 0 Å². The average molecular weight is 720 g/mol. The van der Waals surface area contributed by atoms with Crippen LogP contribution in [0.4, 0.5) is 0 Å². The highest BCUT2D eigenvalue weighted by Crippen LogP contribution is 2.38. The molecule has 0 bridgehead atoms. The maximum Gasteiger partial charge on any atom is 0.310 e. The molecule has 290 valence electrons. The zero-order chi connectivity index (χ0) is 36.3. The molecule has 0 radical (unpaired) electrons. The van der Waals surface area contributed by atoms with Crippen molar-refractivity contribution in [2.24, 2.45) is 0 Å². The third-order valence-corrected chi connectivity index (χ3v) is 9.37. The van der Waals surface area contributed by atoms with Crippen molar-refractivity contribution in [1.82, 2.24) is 0 Å². The highest BCUT2D eigenvalue weighted by Gasteiger charge is 2.21. The number of esters is 2. The number of carbonyl (C=O) groups is 2. The van der Waals surface area contributed by atoms with Gasteiger partial charge in [-0.3, -0.25) is 14.2 Å². The van der Waals surface area contributed by atoms with Crippen molar-refractivity contribution in [2.75, 3.05) is 26.4 Å². The van der Waals surface area contributed by atoms with Gasteiger partial charge >= 0.3 is 11.9 Å². The summed E-state index contributed by atoms with van der Waals surface area (Å²) in [4.78, 5) is 36.9. The van der Waals surface area contributed by atoms with E-state index in [4.69, 9.17) is 19.1 Å². The number of ether oxygens (including phenoxy) is 2. The molecule has 0 saturated carbocycles. The molecule has 0 rings (SSSR count). The highest BCUT2D eigenvalue weighted by atomic mass is 31.2. The predicted octanol–water partition coefficient (Wildman–Crippen LogP) is 9.03. The molecular weight excluding hydrogens is 647 g/mol. The largest absolute Gasteiger partial charge is 0.756 e. The zero-order valence-corrected chi connectivity index (χ0v) is 32.0. The van der Waals surface area contributed by atoms with Crippen LogP contribution < -0.4 is 4.89 Å². The summed E-state index contributed by atoms with van der Waals surface area (Å²) in [5.41, 5.74) is 0. The van der Waals surface area contributed by atoms with E-state index in [1.54, 1.807) is 6.08 Å². The van der Waals surface area contributed by atoms with E-state index in [0.717, 1.165) is 38.5 Å². The fraction of sp³-hybridized carbons (Fsp3) is 0.895. The van der Waals surface area contributed by atoms with Gasteiger partial charge in [0.05, 0.1) is 26.2 Å². The smallest absolute Gasteiger partial charge is 0.310 e. The van der Waals surface area contributed by atoms with Crippen LogP contribution in [0.3, 0.4) is 0 Å². The number of aliphatic hydroxyl groups excluding tert-OH is 2. The normalized spacial score (nSPS) is 14.1. The Bertz CT molecular complexity index is 837. The first-order valence-electron chi connectivity index (χ1n) is 19.6.